The molecule has 9 heteroatoms. The molecule has 2 aromatic heterocycles. The van der Waals surface area contributed by atoms with Gasteiger partial charge in [0.15, 0.2) is 5.75 Å². The lowest BCUT2D eigenvalue weighted by Gasteiger charge is -2.23. The highest BCUT2D eigenvalue weighted by Gasteiger charge is 2.14. The molecule has 0 bridgehead atoms. The molecule has 1 saturated heterocycles. The lowest BCUT2D eigenvalue weighted by Crippen LogP contribution is -2.31. The van der Waals surface area contributed by atoms with Gasteiger partial charge in [0.05, 0.1) is 5.52 Å². The second kappa shape index (κ2) is 9.97. The number of nitrogens with zero attached hydrogens (tertiary/aromatic N) is 5. The van der Waals surface area contributed by atoms with Crippen molar-refractivity contribution in [2.75, 3.05) is 58.3 Å². The van der Waals surface area contributed by atoms with Crippen molar-refractivity contribution in [2.24, 2.45) is 5.73 Å². The van der Waals surface area contributed by atoms with Gasteiger partial charge < -0.3 is 30.2 Å². The van der Waals surface area contributed by atoms with E-state index in [0.717, 1.165) is 49.5 Å². The fourth-order valence-electron chi connectivity index (χ4n) is 4.05. The summed E-state index contributed by atoms with van der Waals surface area (Å²) in [6.07, 6.45) is 3.30. The minimum absolute atomic E-state index is 0.331. The van der Waals surface area contributed by atoms with Gasteiger partial charge in [-0.2, -0.15) is 0 Å². The third kappa shape index (κ3) is 5.35. The van der Waals surface area contributed by atoms with Crippen LogP contribution in [0.5, 0.6) is 5.75 Å². The van der Waals surface area contributed by atoms with E-state index in [1.165, 1.54) is 19.5 Å². The van der Waals surface area contributed by atoms with Crippen LogP contribution in [0.25, 0.3) is 22.4 Å². The fourth-order valence-corrected chi connectivity index (χ4v) is 4.05. The maximum atomic E-state index is 11.1. The Bertz CT molecular complexity index is 1050. The molecule has 0 spiro atoms. The molecule has 4 rings (SSSR count). The van der Waals surface area contributed by atoms with E-state index in [1.54, 1.807) is 12.1 Å². The molecular formula is C23H31N7O2. The Morgan fingerprint density at radius 1 is 1.22 bits per heavy atom. The van der Waals surface area contributed by atoms with Crippen molar-refractivity contribution in [2.45, 2.75) is 12.8 Å². The van der Waals surface area contributed by atoms with Gasteiger partial charge in [0.1, 0.15) is 17.2 Å². The first kappa shape index (κ1) is 22.0. The molecular weight excluding hydrogens is 406 g/mol. The van der Waals surface area contributed by atoms with Crippen LogP contribution >= 0.6 is 0 Å². The third-order valence-corrected chi connectivity index (χ3v) is 5.88. The van der Waals surface area contributed by atoms with Gasteiger partial charge >= 0.3 is 6.09 Å². The number of carbonyl (C=O) groups is 1. The molecule has 1 aromatic carbocycles. The van der Waals surface area contributed by atoms with E-state index >= 15 is 0 Å². The Balaban J connectivity index is 1.37. The third-order valence-electron chi connectivity index (χ3n) is 5.88. The molecule has 170 valence electrons. The smallest absolute Gasteiger partial charge is 0.408 e. The molecule has 3 N–H and O–H groups in total. The van der Waals surface area contributed by atoms with Gasteiger partial charge in [-0.15, -0.1) is 0 Å². The lowest BCUT2D eigenvalue weighted by atomic mass is 10.2. The highest BCUT2D eigenvalue weighted by atomic mass is 16.5. The van der Waals surface area contributed by atoms with Crippen LogP contribution in [0, 0.1) is 0 Å². The van der Waals surface area contributed by atoms with Crippen LogP contribution < -0.4 is 15.4 Å². The molecule has 3 aromatic rings. The number of aromatic nitrogens is 3. The number of hydrogen-bond donors (Lipinski definition) is 2. The summed E-state index contributed by atoms with van der Waals surface area (Å²) in [5, 5.41) is 0. The number of fused-ring (bicyclic) bond motifs is 1. The number of likely N-dealkylation sites (N-methyl/N-ethyl adjacent to an activating group) is 1. The van der Waals surface area contributed by atoms with Gasteiger partial charge in [0.25, 0.3) is 0 Å². The van der Waals surface area contributed by atoms with Gasteiger partial charge in [-0.05, 0) is 63.8 Å². The summed E-state index contributed by atoms with van der Waals surface area (Å²) < 4.78 is 5.05. The molecule has 0 unspecified atom stereocenters. The van der Waals surface area contributed by atoms with E-state index < -0.39 is 6.09 Å². The van der Waals surface area contributed by atoms with Gasteiger partial charge in [-0.3, -0.25) is 0 Å². The summed E-state index contributed by atoms with van der Waals surface area (Å²) in [5.41, 5.74) is 7.33. The first-order valence-electron chi connectivity index (χ1n) is 11.0. The number of anilines is 1. The number of H-pyrrole nitrogens is 1. The molecule has 1 amide bonds. The molecule has 0 aliphatic carbocycles. The largest absolute Gasteiger partial charge is 0.410 e. The molecule has 3 heterocycles. The summed E-state index contributed by atoms with van der Waals surface area (Å²) in [7, 11) is 4.28. The van der Waals surface area contributed by atoms with Crippen LogP contribution in [0.15, 0.2) is 36.5 Å². The number of carbonyl (C=O) groups excluding carboxylic acids is 1. The number of primary amides is 1. The van der Waals surface area contributed by atoms with Crippen molar-refractivity contribution < 1.29 is 9.53 Å². The second-order valence-electron chi connectivity index (χ2n) is 8.34. The highest BCUT2D eigenvalue weighted by Crippen LogP contribution is 2.27. The number of benzene rings is 1. The summed E-state index contributed by atoms with van der Waals surface area (Å²) in [6.45, 7) is 6.75. The summed E-state index contributed by atoms with van der Waals surface area (Å²) in [4.78, 5) is 30.7. The van der Waals surface area contributed by atoms with Gasteiger partial charge in [-0.1, -0.05) is 6.07 Å². The maximum Gasteiger partial charge on any atom is 0.410 e. The normalized spacial score (nSPS) is 15.6. The molecule has 0 radical (unpaired) electrons. The zero-order valence-corrected chi connectivity index (χ0v) is 18.8. The monoisotopic (exact) mass is 437 g/mol. The summed E-state index contributed by atoms with van der Waals surface area (Å²) >= 11 is 0. The van der Waals surface area contributed by atoms with Crippen LogP contribution in [-0.4, -0.2) is 84.2 Å². The Kier molecular flexibility index (Phi) is 6.87. The van der Waals surface area contributed by atoms with Crippen LogP contribution in [0.4, 0.5) is 10.6 Å². The second-order valence-corrected chi connectivity index (χ2v) is 8.34. The number of nitrogens with one attached hydrogen (secondary N) is 1. The van der Waals surface area contributed by atoms with Crippen molar-refractivity contribution >= 4 is 22.9 Å². The lowest BCUT2D eigenvalue weighted by molar-refractivity contribution is 0.211. The summed E-state index contributed by atoms with van der Waals surface area (Å²) in [5.74, 6) is 1.92. The van der Waals surface area contributed by atoms with E-state index in [2.05, 4.69) is 43.7 Å². The van der Waals surface area contributed by atoms with Gasteiger partial charge in [0.2, 0.25) is 0 Å². The molecule has 1 fully saturated rings. The number of imidazole rings is 1. The van der Waals surface area contributed by atoms with Gasteiger partial charge in [0, 0.05) is 38.4 Å². The summed E-state index contributed by atoms with van der Waals surface area (Å²) in [6, 6.07) is 9.32. The first-order valence-corrected chi connectivity index (χ1v) is 11.0. The molecule has 32 heavy (non-hydrogen) atoms. The van der Waals surface area contributed by atoms with Crippen molar-refractivity contribution in [1.82, 2.24) is 24.8 Å². The molecule has 9 nitrogen and oxygen atoms in total. The zero-order valence-electron chi connectivity index (χ0n) is 18.8. The minimum atomic E-state index is -0.862. The van der Waals surface area contributed by atoms with Crippen LogP contribution in [-0.2, 0) is 0 Å². The maximum absolute atomic E-state index is 11.1. The number of nitrogens with two attached hydrogens (primary N) is 1. The van der Waals surface area contributed by atoms with E-state index in [1.807, 2.05) is 24.4 Å². The molecule has 1 aliphatic rings. The van der Waals surface area contributed by atoms with Crippen molar-refractivity contribution in [3.63, 3.8) is 0 Å². The van der Waals surface area contributed by atoms with E-state index in [4.69, 9.17) is 10.5 Å². The Morgan fingerprint density at radius 2 is 2.09 bits per heavy atom. The Hall–Kier alpha value is -3.17. The number of ether oxygens (including phenoxy) is 1. The number of rotatable bonds is 7. The quantitative estimate of drug-likeness (QED) is 0.585. The van der Waals surface area contributed by atoms with Crippen LogP contribution in [0.1, 0.15) is 12.8 Å². The average molecular weight is 438 g/mol. The van der Waals surface area contributed by atoms with Crippen molar-refractivity contribution in [3.05, 3.63) is 36.5 Å². The zero-order chi connectivity index (χ0) is 22.5. The van der Waals surface area contributed by atoms with Crippen LogP contribution in [0.3, 0.4) is 0 Å². The first-order chi connectivity index (χ1) is 15.5. The predicted octanol–water partition coefficient (Wildman–Crippen LogP) is 2.55. The number of para-hydroxylation sites is 1. The van der Waals surface area contributed by atoms with E-state index in [0.29, 0.717) is 17.1 Å². The number of pyridine rings is 1. The average Bonchev–Trinajstić information content (AvgIpc) is 3.11. The van der Waals surface area contributed by atoms with Crippen LogP contribution in [0.2, 0.25) is 0 Å². The predicted molar refractivity (Wildman–Crippen MR) is 126 cm³/mol. The molecule has 1 aliphatic heterocycles. The van der Waals surface area contributed by atoms with Gasteiger partial charge in [-0.25, -0.2) is 14.8 Å². The van der Waals surface area contributed by atoms with Crippen molar-refractivity contribution in [3.8, 4) is 17.1 Å². The topological polar surface area (TPSA) is 104 Å². The number of hydrogen-bond acceptors (Lipinski definition) is 7. The minimum Gasteiger partial charge on any atom is -0.408 e. The van der Waals surface area contributed by atoms with E-state index in [9.17, 15) is 4.79 Å². The number of aromatic amines is 1. The highest BCUT2D eigenvalue weighted by molar-refractivity contribution is 5.87. The molecule has 0 atom stereocenters. The van der Waals surface area contributed by atoms with Crippen molar-refractivity contribution in [1.29, 1.82) is 0 Å². The standard InChI is InChI=1S/C23H31N7O2/c1-28-10-4-12-30(15-14-28)13-5-11-29(2)20-9-8-17(16-25-20)22-26-18-6-3-7-19(21(18)27-22)32-23(24)31/h3,6-9,16H,4-5,10-15H2,1-2H3,(H2,24,31)(H,26,27). The fraction of sp³-hybridized carbons (Fsp3) is 0.435. The SMILES string of the molecule is CN1CCCN(CCCN(C)c2ccc(-c3nc4c(OC(N)=O)cccc4[nH]3)cn2)CC1. The van der Waals surface area contributed by atoms with E-state index in [-0.39, 0.29) is 0 Å². The molecule has 0 saturated carbocycles. The Morgan fingerprint density at radius 3 is 2.88 bits per heavy atom. The Labute approximate surface area is 188 Å². The number of amides is 1.